The summed E-state index contributed by atoms with van der Waals surface area (Å²) in [6.45, 7) is 6.58. The normalized spacial score (nSPS) is 13.6. The quantitative estimate of drug-likeness (QED) is 0.804. The van der Waals surface area contributed by atoms with Crippen LogP contribution in [0.4, 0.5) is 0 Å². The Morgan fingerprint density at radius 3 is 2.62 bits per heavy atom. The molecule has 0 bridgehead atoms. The van der Waals surface area contributed by atoms with Gasteiger partial charge in [-0.3, -0.25) is 0 Å². The Labute approximate surface area is 84.4 Å². The van der Waals surface area contributed by atoms with Crippen LogP contribution in [0.25, 0.3) is 0 Å². The van der Waals surface area contributed by atoms with Gasteiger partial charge in [0.25, 0.3) is 0 Å². The van der Waals surface area contributed by atoms with Gasteiger partial charge in [0.05, 0.1) is 11.2 Å². The second kappa shape index (κ2) is 4.72. The zero-order chi connectivity index (χ0) is 9.84. The number of nitrogens with one attached hydrogen (secondary N) is 1. The molecule has 1 rings (SSSR count). The second-order valence-electron chi connectivity index (χ2n) is 3.77. The van der Waals surface area contributed by atoms with Crippen molar-refractivity contribution in [3.8, 4) is 0 Å². The van der Waals surface area contributed by atoms with Crippen LogP contribution in [-0.2, 0) is 0 Å². The molecule has 13 heavy (non-hydrogen) atoms. The van der Waals surface area contributed by atoms with Crippen LogP contribution in [0.1, 0.15) is 36.9 Å². The average Bonchev–Trinajstić information content (AvgIpc) is 2.47. The van der Waals surface area contributed by atoms with Gasteiger partial charge in [-0.05, 0) is 26.3 Å². The fourth-order valence-corrected chi connectivity index (χ4v) is 2.40. The number of rotatable bonds is 4. The number of hydrogen-bond acceptors (Lipinski definition) is 3. The van der Waals surface area contributed by atoms with Gasteiger partial charge in [0.15, 0.2) is 0 Å². The lowest BCUT2D eigenvalue weighted by Gasteiger charge is -2.17. The average molecular weight is 198 g/mol. The maximum Gasteiger partial charge on any atom is 0.0798 e. The molecule has 0 saturated carbocycles. The molecule has 74 valence electrons. The van der Waals surface area contributed by atoms with Crippen molar-refractivity contribution in [2.24, 2.45) is 5.92 Å². The van der Waals surface area contributed by atoms with Gasteiger partial charge in [0.1, 0.15) is 0 Å². The first kappa shape index (κ1) is 10.7. The van der Waals surface area contributed by atoms with E-state index in [1.807, 2.05) is 12.6 Å². The van der Waals surface area contributed by atoms with Gasteiger partial charge in [-0.25, -0.2) is 4.98 Å². The van der Waals surface area contributed by atoms with Crippen LogP contribution in [0.5, 0.6) is 0 Å². The number of nitrogens with zero attached hydrogens (tertiary/aromatic N) is 1. The number of aromatic nitrogens is 1. The fraction of sp³-hybridized carbons (Fsp3) is 0.700. The molecule has 1 aromatic heterocycles. The van der Waals surface area contributed by atoms with E-state index in [0.29, 0.717) is 6.04 Å². The molecule has 0 saturated heterocycles. The van der Waals surface area contributed by atoms with Crippen molar-refractivity contribution < 1.29 is 0 Å². The third-order valence-electron chi connectivity index (χ3n) is 2.15. The summed E-state index contributed by atoms with van der Waals surface area (Å²) in [7, 11) is 2.02. The summed E-state index contributed by atoms with van der Waals surface area (Å²) in [5.41, 5.74) is 3.10. The van der Waals surface area contributed by atoms with Crippen LogP contribution in [0.2, 0.25) is 0 Å². The number of thiazole rings is 1. The highest BCUT2D eigenvalue weighted by molar-refractivity contribution is 7.09. The van der Waals surface area contributed by atoms with Crippen LogP contribution in [0, 0.1) is 12.8 Å². The summed E-state index contributed by atoms with van der Waals surface area (Å²) in [6.07, 6.45) is 1.18. The standard InChI is InChI=1S/C10H18N2S/c1-7(2)5-9(11-4)10-8(3)12-6-13-10/h6-7,9,11H,5H2,1-4H3. The minimum absolute atomic E-state index is 0.479. The smallest absolute Gasteiger partial charge is 0.0798 e. The Kier molecular flexibility index (Phi) is 3.88. The summed E-state index contributed by atoms with van der Waals surface area (Å²) < 4.78 is 0. The van der Waals surface area contributed by atoms with Crippen molar-refractivity contribution in [1.82, 2.24) is 10.3 Å². The lowest BCUT2D eigenvalue weighted by Crippen LogP contribution is -2.18. The van der Waals surface area contributed by atoms with Crippen molar-refractivity contribution >= 4 is 11.3 Å². The molecule has 2 nitrogen and oxygen atoms in total. The minimum atomic E-state index is 0.479. The van der Waals surface area contributed by atoms with E-state index in [9.17, 15) is 0 Å². The van der Waals surface area contributed by atoms with Crippen LogP contribution in [0.15, 0.2) is 5.51 Å². The van der Waals surface area contributed by atoms with E-state index in [1.54, 1.807) is 11.3 Å². The van der Waals surface area contributed by atoms with Gasteiger partial charge >= 0.3 is 0 Å². The first-order chi connectivity index (χ1) is 6.15. The maximum absolute atomic E-state index is 4.27. The highest BCUT2D eigenvalue weighted by Crippen LogP contribution is 2.26. The van der Waals surface area contributed by atoms with Gasteiger partial charge in [-0.15, -0.1) is 11.3 Å². The molecular weight excluding hydrogens is 180 g/mol. The van der Waals surface area contributed by atoms with E-state index in [1.165, 1.54) is 17.0 Å². The van der Waals surface area contributed by atoms with Gasteiger partial charge in [0, 0.05) is 10.9 Å². The topological polar surface area (TPSA) is 24.9 Å². The highest BCUT2D eigenvalue weighted by Gasteiger charge is 2.15. The molecule has 0 aromatic carbocycles. The van der Waals surface area contributed by atoms with Crippen LogP contribution in [-0.4, -0.2) is 12.0 Å². The monoisotopic (exact) mass is 198 g/mol. The Bertz CT molecular complexity index is 255. The van der Waals surface area contributed by atoms with E-state index in [0.717, 1.165) is 5.92 Å². The van der Waals surface area contributed by atoms with Gasteiger partial charge in [-0.1, -0.05) is 13.8 Å². The molecule has 1 aromatic rings. The van der Waals surface area contributed by atoms with Crippen molar-refractivity contribution in [2.45, 2.75) is 33.2 Å². The van der Waals surface area contributed by atoms with E-state index in [2.05, 4.69) is 31.1 Å². The maximum atomic E-state index is 4.27. The zero-order valence-electron chi connectivity index (χ0n) is 8.79. The van der Waals surface area contributed by atoms with E-state index >= 15 is 0 Å². The second-order valence-corrected chi connectivity index (χ2v) is 4.66. The van der Waals surface area contributed by atoms with E-state index < -0.39 is 0 Å². The summed E-state index contributed by atoms with van der Waals surface area (Å²) in [5.74, 6) is 0.721. The zero-order valence-corrected chi connectivity index (χ0v) is 9.61. The first-order valence-corrected chi connectivity index (χ1v) is 5.60. The third kappa shape index (κ3) is 2.78. The van der Waals surface area contributed by atoms with E-state index in [4.69, 9.17) is 0 Å². The van der Waals surface area contributed by atoms with Gasteiger partial charge in [-0.2, -0.15) is 0 Å². The molecular formula is C10H18N2S. The van der Waals surface area contributed by atoms with Crippen LogP contribution >= 0.6 is 11.3 Å². The van der Waals surface area contributed by atoms with Gasteiger partial charge < -0.3 is 5.32 Å². The molecule has 1 unspecified atom stereocenters. The highest BCUT2D eigenvalue weighted by atomic mass is 32.1. The molecule has 0 radical (unpaired) electrons. The third-order valence-corrected chi connectivity index (χ3v) is 3.20. The summed E-state index contributed by atoms with van der Waals surface area (Å²) in [6, 6.07) is 0.479. The fourth-order valence-electron chi connectivity index (χ4n) is 1.47. The lowest BCUT2D eigenvalue weighted by atomic mass is 10.0. The largest absolute Gasteiger partial charge is 0.312 e. The molecule has 0 fully saturated rings. The van der Waals surface area contributed by atoms with Crippen LogP contribution in [0.3, 0.4) is 0 Å². The molecule has 0 spiro atoms. The first-order valence-electron chi connectivity index (χ1n) is 4.72. The SMILES string of the molecule is CNC(CC(C)C)c1scnc1C. The molecule has 0 amide bonds. The van der Waals surface area contributed by atoms with E-state index in [-0.39, 0.29) is 0 Å². The molecule has 1 atom stereocenters. The van der Waals surface area contributed by atoms with Crippen molar-refractivity contribution in [2.75, 3.05) is 7.05 Å². The van der Waals surface area contributed by atoms with Crippen LogP contribution < -0.4 is 5.32 Å². The number of aryl methyl sites for hydroxylation is 1. The Morgan fingerprint density at radius 2 is 2.23 bits per heavy atom. The lowest BCUT2D eigenvalue weighted by molar-refractivity contribution is 0.460. The summed E-state index contributed by atoms with van der Waals surface area (Å²) >= 11 is 1.75. The Morgan fingerprint density at radius 1 is 1.54 bits per heavy atom. The molecule has 3 heteroatoms. The van der Waals surface area contributed by atoms with Crippen molar-refractivity contribution in [3.05, 3.63) is 16.1 Å². The number of hydrogen-bond donors (Lipinski definition) is 1. The van der Waals surface area contributed by atoms with Crippen molar-refractivity contribution in [1.29, 1.82) is 0 Å². The summed E-state index contributed by atoms with van der Waals surface area (Å²) in [4.78, 5) is 5.66. The predicted molar refractivity (Wildman–Crippen MR) is 58.1 cm³/mol. The molecule has 0 aliphatic heterocycles. The summed E-state index contributed by atoms with van der Waals surface area (Å²) in [5, 5.41) is 3.35. The molecule has 1 N–H and O–H groups in total. The van der Waals surface area contributed by atoms with Crippen molar-refractivity contribution in [3.63, 3.8) is 0 Å². The Hall–Kier alpha value is -0.410. The predicted octanol–water partition coefficient (Wildman–Crippen LogP) is 2.76. The van der Waals surface area contributed by atoms with Gasteiger partial charge in [0.2, 0.25) is 0 Å². The molecule has 0 aliphatic rings. The Balaban J connectivity index is 2.72. The molecule has 1 heterocycles. The minimum Gasteiger partial charge on any atom is -0.312 e. The molecule has 0 aliphatic carbocycles.